The molecule has 0 fully saturated rings. The SMILES string of the molecule is O=C(NC(=NCc1ccccn1)Nc1cccc(Cl)c1)c1ccc2c(c1)OCO2. The minimum absolute atomic E-state index is 0.146. The van der Waals surface area contributed by atoms with Gasteiger partial charge < -0.3 is 14.8 Å². The number of ether oxygens (including phenoxy) is 2. The molecular weight excluding hydrogens is 392 g/mol. The lowest BCUT2D eigenvalue weighted by atomic mass is 10.2. The number of guanidine groups is 1. The Hall–Kier alpha value is -3.58. The lowest BCUT2D eigenvalue weighted by Gasteiger charge is -2.12. The summed E-state index contributed by atoms with van der Waals surface area (Å²) >= 11 is 6.05. The first-order valence-corrected chi connectivity index (χ1v) is 9.23. The molecular formula is C21H17ClN4O3. The number of anilines is 1. The maximum absolute atomic E-state index is 12.8. The van der Waals surface area contributed by atoms with Crippen molar-refractivity contribution < 1.29 is 14.3 Å². The number of aliphatic imine (C=N–C) groups is 1. The van der Waals surface area contributed by atoms with E-state index in [9.17, 15) is 4.79 Å². The molecule has 4 rings (SSSR count). The Morgan fingerprint density at radius 2 is 1.97 bits per heavy atom. The Morgan fingerprint density at radius 3 is 2.79 bits per heavy atom. The topological polar surface area (TPSA) is 84.8 Å². The second-order valence-corrected chi connectivity index (χ2v) is 6.58. The monoisotopic (exact) mass is 408 g/mol. The van der Waals surface area contributed by atoms with E-state index in [-0.39, 0.29) is 18.7 Å². The second-order valence-electron chi connectivity index (χ2n) is 6.14. The smallest absolute Gasteiger partial charge is 0.258 e. The number of pyridine rings is 1. The largest absolute Gasteiger partial charge is 0.454 e. The molecule has 1 amide bonds. The van der Waals surface area contributed by atoms with Crippen LogP contribution < -0.4 is 20.1 Å². The molecule has 8 heteroatoms. The average Bonchev–Trinajstić information content (AvgIpc) is 3.20. The normalized spacial score (nSPS) is 12.5. The van der Waals surface area contributed by atoms with Crippen LogP contribution in [-0.2, 0) is 6.54 Å². The number of rotatable bonds is 4. The van der Waals surface area contributed by atoms with Crippen LogP contribution in [0.5, 0.6) is 11.5 Å². The number of aromatic nitrogens is 1. The lowest BCUT2D eigenvalue weighted by Crippen LogP contribution is -2.36. The lowest BCUT2D eigenvalue weighted by molar-refractivity contribution is 0.0976. The van der Waals surface area contributed by atoms with Crippen molar-refractivity contribution in [3.05, 3.63) is 83.1 Å². The molecule has 0 unspecified atom stereocenters. The number of hydrogen-bond donors (Lipinski definition) is 2. The van der Waals surface area contributed by atoms with E-state index in [1.54, 1.807) is 42.6 Å². The molecule has 3 aromatic rings. The molecule has 0 atom stereocenters. The number of halogens is 1. The molecule has 0 saturated heterocycles. The van der Waals surface area contributed by atoms with Crippen molar-refractivity contribution in [1.82, 2.24) is 10.3 Å². The molecule has 2 aromatic carbocycles. The third-order valence-electron chi connectivity index (χ3n) is 4.08. The van der Waals surface area contributed by atoms with E-state index >= 15 is 0 Å². The number of nitrogens with one attached hydrogen (secondary N) is 2. The van der Waals surface area contributed by atoms with Crippen molar-refractivity contribution in [2.45, 2.75) is 6.54 Å². The van der Waals surface area contributed by atoms with Gasteiger partial charge in [0.15, 0.2) is 11.5 Å². The summed E-state index contributed by atoms with van der Waals surface area (Å²) in [6.07, 6.45) is 1.69. The van der Waals surface area contributed by atoms with Crippen LogP contribution in [0.2, 0.25) is 5.02 Å². The number of amides is 1. The van der Waals surface area contributed by atoms with Crippen LogP contribution in [-0.4, -0.2) is 23.6 Å². The molecule has 146 valence electrons. The van der Waals surface area contributed by atoms with Crippen molar-refractivity contribution in [3.8, 4) is 11.5 Å². The van der Waals surface area contributed by atoms with Crippen molar-refractivity contribution in [1.29, 1.82) is 0 Å². The van der Waals surface area contributed by atoms with Crippen LogP contribution >= 0.6 is 11.6 Å². The third-order valence-corrected chi connectivity index (χ3v) is 4.31. The van der Waals surface area contributed by atoms with E-state index in [2.05, 4.69) is 20.6 Å². The van der Waals surface area contributed by atoms with Crippen molar-refractivity contribution in [2.24, 2.45) is 4.99 Å². The highest BCUT2D eigenvalue weighted by Crippen LogP contribution is 2.32. The molecule has 0 spiro atoms. The van der Waals surface area contributed by atoms with Gasteiger partial charge in [0.2, 0.25) is 12.8 Å². The summed E-state index contributed by atoms with van der Waals surface area (Å²) < 4.78 is 10.6. The van der Waals surface area contributed by atoms with Gasteiger partial charge in [-0.05, 0) is 48.5 Å². The van der Waals surface area contributed by atoms with Gasteiger partial charge in [0, 0.05) is 22.5 Å². The standard InChI is InChI=1S/C21H17ClN4O3/c22-15-4-3-6-16(11-15)25-21(24-12-17-5-1-2-9-23-17)26-20(27)14-7-8-18-19(10-14)29-13-28-18/h1-11H,12-13H2,(H2,24,25,26,27). The van der Waals surface area contributed by atoms with Crippen molar-refractivity contribution in [3.63, 3.8) is 0 Å². The summed E-state index contributed by atoms with van der Waals surface area (Å²) in [4.78, 5) is 21.5. The summed E-state index contributed by atoms with van der Waals surface area (Å²) in [7, 11) is 0. The molecule has 0 bridgehead atoms. The first-order chi connectivity index (χ1) is 14.2. The highest BCUT2D eigenvalue weighted by atomic mass is 35.5. The number of benzene rings is 2. The van der Waals surface area contributed by atoms with Gasteiger partial charge in [-0.3, -0.25) is 15.1 Å². The molecule has 2 heterocycles. The summed E-state index contributed by atoms with van der Waals surface area (Å²) in [6, 6.07) is 17.7. The van der Waals surface area contributed by atoms with Gasteiger partial charge in [-0.2, -0.15) is 0 Å². The van der Waals surface area contributed by atoms with Crippen molar-refractivity contribution >= 4 is 29.2 Å². The molecule has 1 aliphatic rings. The van der Waals surface area contributed by atoms with Gasteiger partial charge >= 0.3 is 0 Å². The van der Waals surface area contributed by atoms with Crippen molar-refractivity contribution in [2.75, 3.05) is 12.1 Å². The van der Waals surface area contributed by atoms with Crippen LogP contribution in [0.3, 0.4) is 0 Å². The first-order valence-electron chi connectivity index (χ1n) is 8.85. The van der Waals surface area contributed by atoms with Gasteiger partial charge in [0.25, 0.3) is 5.91 Å². The van der Waals surface area contributed by atoms with Crippen LogP contribution in [0.25, 0.3) is 0 Å². The summed E-state index contributed by atoms with van der Waals surface area (Å²) in [5.41, 5.74) is 1.89. The fraction of sp³-hybridized carbons (Fsp3) is 0.0952. The maximum Gasteiger partial charge on any atom is 0.258 e. The van der Waals surface area contributed by atoms with Gasteiger partial charge in [0.05, 0.1) is 12.2 Å². The summed E-state index contributed by atoms with van der Waals surface area (Å²) in [5.74, 6) is 1.09. The van der Waals surface area contributed by atoms with Crippen LogP contribution in [0.1, 0.15) is 16.1 Å². The number of nitrogens with zero attached hydrogens (tertiary/aromatic N) is 2. The van der Waals surface area contributed by atoms with E-state index < -0.39 is 0 Å². The highest BCUT2D eigenvalue weighted by molar-refractivity contribution is 6.31. The Kier molecular flexibility index (Phi) is 5.58. The second kappa shape index (κ2) is 8.62. The fourth-order valence-corrected chi connectivity index (χ4v) is 2.87. The predicted molar refractivity (Wildman–Crippen MR) is 110 cm³/mol. The molecule has 0 aliphatic carbocycles. The zero-order valence-electron chi connectivity index (χ0n) is 15.3. The third kappa shape index (κ3) is 4.83. The molecule has 7 nitrogen and oxygen atoms in total. The van der Waals surface area contributed by atoms with Gasteiger partial charge in [-0.1, -0.05) is 23.7 Å². The molecule has 1 aromatic heterocycles. The number of carbonyl (C=O) groups is 1. The quantitative estimate of drug-likeness (QED) is 0.505. The summed E-state index contributed by atoms with van der Waals surface area (Å²) in [6.45, 7) is 0.443. The molecule has 2 N–H and O–H groups in total. The number of hydrogen-bond acceptors (Lipinski definition) is 5. The minimum atomic E-state index is -0.336. The van der Waals surface area contributed by atoms with E-state index in [1.807, 2.05) is 24.3 Å². The van der Waals surface area contributed by atoms with E-state index in [1.165, 1.54) is 0 Å². The molecule has 0 radical (unpaired) electrons. The molecule has 29 heavy (non-hydrogen) atoms. The van der Waals surface area contributed by atoms with Gasteiger partial charge in [-0.15, -0.1) is 0 Å². The molecule has 1 aliphatic heterocycles. The van der Waals surface area contributed by atoms with Crippen LogP contribution in [0.15, 0.2) is 71.9 Å². The van der Waals surface area contributed by atoms with Crippen LogP contribution in [0, 0.1) is 0 Å². The predicted octanol–water partition coefficient (Wildman–Crippen LogP) is 3.86. The Bertz CT molecular complexity index is 1060. The average molecular weight is 409 g/mol. The zero-order valence-corrected chi connectivity index (χ0v) is 16.0. The van der Waals surface area contributed by atoms with Gasteiger partial charge in [0.1, 0.15) is 0 Å². The number of fused-ring (bicyclic) bond motifs is 1. The van der Waals surface area contributed by atoms with E-state index in [0.717, 1.165) is 5.69 Å². The number of carbonyl (C=O) groups excluding carboxylic acids is 1. The Balaban J connectivity index is 1.54. The maximum atomic E-state index is 12.8. The van der Waals surface area contributed by atoms with E-state index in [4.69, 9.17) is 21.1 Å². The molecule has 0 saturated carbocycles. The minimum Gasteiger partial charge on any atom is -0.454 e. The Labute approximate surface area is 172 Å². The van der Waals surface area contributed by atoms with Gasteiger partial charge in [-0.25, -0.2) is 4.99 Å². The zero-order chi connectivity index (χ0) is 20.1. The highest BCUT2D eigenvalue weighted by Gasteiger charge is 2.17. The Morgan fingerprint density at radius 1 is 1.07 bits per heavy atom. The summed E-state index contributed by atoms with van der Waals surface area (Å²) in [5, 5.41) is 6.46. The fourth-order valence-electron chi connectivity index (χ4n) is 2.68. The van der Waals surface area contributed by atoms with E-state index in [0.29, 0.717) is 34.3 Å². The first kappa shape index (κ1) is 18.8. The van der Waals surface area contributed by atoms with Crippen LogP contribution in [0.4, 0.5) is 5.69 Å².